The summed E-state index contributed by atoms with van der Waals surface area (Å²) in [4.78, 5) is 0. The molecule has 0 aliphatic carbocycles. The van der Waals surface area contributed by atoms with Crippen LogP contribution in [0.15, 0.2) is 24.3 Å². The van der Waals surface area contributed by atoms with Gasteiger partial charge in [-0.25, -0.2) is 8.42 Å². The molecule has 3 atom stereocenters. The van der Waals surface area contributed by atoms with Crippen LogP contribution in [0.2, 0.25) is 0 Å². The highest BCUT2D eigenvalue weighted by Crippen LogP contribution is 2.43. The lowest BCUT2D eigenvalue weighted by Crippen LogP contribution is -2.43. The van der Waals surface area contributed by atoms with E-state index < -0.39 is 27.0 Å². The first kappa shape index (κ1) is 16.7. The number of sulfonamides is 1. The first-order valence-electron chi connectivity index (χ1n) is 7.46. The van der Waals surface area contributed by atoms with E-state index in [1.54, 1.807) is 19.2 Å². The normalized spacial score (nSPS) is 32.8. The van der Waals surface area contributed by atoms with E-state index in [0.717, 1.165) is 5.56 Å². The molecule has 0 spiro atoms. The molecule has 2 N–H and O–H groups in total. The number of aliphatic hydroxyl groups excluding tert-OH is 2. The summed E-state index contributed by atoms with van der Waals surface area (Å²) >= 11 is 0. The van der Waals surface area contributed by atoms with Crippen molar-refractivity contribution in [2.45, 2.75) is 29.9 Å². The van der Waals surface area contributed by atoms with E-state index in [4.69, 9.17) is 9.47 Å². The summed E-state index contributed by atoms with van der Waals surface area (Å²) in [7, 11) is -2.02. The first-order valence-corrected chi connectivity index (χ1v) is 8.97. The van der Waals surface area contributed by atoms with Gasteiger partial charge in [0.25, 0.3) is 0 Å². The molecule has 0 amide bonds. The molecule has 3 rings (SSSR count). The van der Waals surface area contributed by atoms with E-state index in [1.165, 1.54) is 4.31 Å². The van der Waals surface area contributed by atoms with Gasteiger partial charge in [-0.2, -0.15) is 4.31 Å². The van der Waals surface area contributed by atoms with E-state index in [1.807, 2.05) is 12.1 Å². The highest BCUT2D eigenvalue weighted by atomic mass is 32.2. The molecular weight excluding hydrogens is 322 g/mol. The summed E-state index contributed by atoms with van der Waals surface area (Å²) in [5.74, 6) is 0.704. The summed E-state index contributed by atoms with van der Waals surface area (Å²) in [6.45, 7) is -0.310. The Kier molecular flexibility index (Phi) is 4.37. The van der Waals surface area contributed by atoms with Crippen molar-refractivity contribution in [2.75, 3.05) is 26.9 Å². The van der Waals surface area contributed by atoms with Crippen LogP contribution in [0.4, 0.5) is 0 Å². The largest absolute Gasteiger partial charge is 0.497 e. The van der Waals surface area contributed by atoms with Crippen LogP contribution >= 0.6 is 0 Å². The molecule has 0 saturated carbocycles. The summed E-state index contributed by atoms with van der Waals surface area (Å²) in [5, 5.41) is 18.1. The van der Waals surface area contributed by atoms with E-state index in [9.17, 15) is 18.6 Å². The van der Waals surface area contributed by atoms with Crippen molar-refractivity contribution in [1.82, 2.24) is 4.31 Å². The first-order chi connectivity index (χ1) is 10.9. The third kappa shape index (κ3) is 2.74. The molecule has 0 aromatic heterocycles. The molecule has 0 bridgehead atoms. The van der Waals surface area contributed by atoms with Crippen LogP contribution in [0.1, 0.15) is 12.0 Å². The number of aliphatic hydroxyl groups is 2. The van der Waals surface area contributed by atoms with Gasteiger partial charge in [0.2, 0.25) is 10.0 Å². The highest BCUT2D eigenvalue weighted by molar-refractivity contribution is 7.90. The van der Waals surface area contributed by atoms with Gasteiger partial charge in [-0.3, -0.25) is 0 Å². The predicted octanol–water partition coefficient (Wildman–Crippen LogP) is -0.278. The molecule has 8 heteroatoms. The van der Waals surface area contributed by atoms with Crippen molar-refractivity contribution in [3.05, 3.63) is 29.8 Å². The van der Waals surface area contributed by atoms with Crippen LogP contribution in [-0.2, 0) is 21.3 Å². The Morgan fingerprint density at radius 3 is 2.57 bits per heavy atom. The number of hydrogen-bond donors (Lipinski definition) is 2. The molecular formula is C15H21NO6S. The van der Waals surface area contributed by atoms with Gasteiger partial charge < -0.3 is 19.7 Å². The van der Waals surface area contributed by atoms with Gasteiger partial charge in [0.15, 0.2) is 0 Å². The van der Waals surface area contributed by atoms with Crippen LogP contribution in [0.5, 0.6) is 5.75 Å². The maximum Gasteiger partial charge on any atom is 0.220 e. The number of ether oxygens (including phenoxy) is 2. The van der Waals surface area contributed by atoms with Gasteiger partial charge in [-0.15, -0.1) is 0 Å². The Morgan fingerprint density at radius 1 is 1.35 bits per heavy atom. The third-order valence-electron chi connectivity index (χ3n) is 4.62. The van der Waals surface area contributed by atoms with Crippen LogP contribution in [0.25, 0.3) is 0 Å². The second-order valence-electron chi connectivity index (χ2n) is 6.03. The monoisotopic (exact) mass is 343 g/mol. The fourth-order valence-corrected chi connectivity index (χ4v) is 5.68. The lowest BCUT2D eigenvalue weighted by atomic mass is 10.00. The van der Waals surface area contributed by atoms with Crippen molar-refractivity contribution < 1.29 is 28.1 Å². The molecule has 7 nitrogen and oxygen atoms in total. The maximum absolute atomic E-state index is 12.8. The van der Waals surface area contributed by atoms with Gasteiger partial charge >= 0.3 is 0 Å². The van der Waals surface area contributed by atoms with Gasteiger partial charge in [0, 0.05) is 13.1 Å². The second kappa shape index (κ2) is 6.03. The summed E-state index contributed by atoms with van der Waals surface area (Å²) in [6.07, 6.45) is -0.330. The zero-order valence-electron chi connectivity index (χ0n) is 12.9. The molecule has 2 fully saturated rings. The average molecular weight is 343 g/mol. The average Bonchev–Trinajstić information content (AvgIpc) is 3.03. The molecule has 1 aromatic carbocycles. The van der Waals surface area contributed by atoms with Crippen molar-refractivity contribution in [1.29, 1.82) is 0 Å². The smallest absolute Gasteiger partial charge is 0.220 e. The van der Waals surface area contributed by atoms with E-state index in [-0.39, 0.29) is 32.7 Å². The molecule has 2 aliphatic heterocycles. The highest BCUT2D eigenvalue weighted by Gasteiger charge is 2.62. The minimum absolute atomic E-state index is 0.0963. The minimum Gasteiger partial charge on any atom is -0.497 e. The topological polar surface area (TPSA) is 96.3 Å². The lowest BCUT2D eigenvalue weighted by molar-refractivity contribution is -0.0849. The zero-order chi connectivity index (χ0) is 16.7. The Morgan fingerprint density at radius 2 is 2.04 bits per heavy atom. The van der Waals surface area contributed by atoms with E-state index in [0.29, 0.717) is 5.75 Å². The van der Waals surface area contributed by atoms with Crippen LogP contribution in [0, 0.1) is 0 Å². The lowest BCUT2D eigenvalue weighted by Gasteiger charge is -2.25. The zero-order valence-corrected chi connectivity index (χ0v) is 13.7. The molecule has 128 valence electrons. The SMILES string of the molecule is COc1ccc(CN2C[C@]3(CO)OC(CO)C[C@@H]3S2(=O)=O)cc1. The minimum atomic E-state index is -3.59. The molecule has 1 unspecified atom stereocenters. The molecule has 2 aliphatic rings. The Bertz CT molecular complexity index is 661. The Labute approximate surface area is 135 Å². The number of benzene rings is 1. The Balaban J connectivity index is 1.82. The number of nitrogens with zero attached hydrogens (tertiary/aromatic N) is 1. The van der Waals surface area contributed by atoms with Gasteiger partial charge in [-0.05, 0) is 24.1 Å². The van der Waals surface area contributed by atoms with E-state index >= 15 is 0 Å². The molecule has 2 heterocycles. The summed E-state index contributed by atoms with van der Waals surface area (Å²) in [5.41, 5.74) is -0.306. The van der Waals surface area contributed by atoms with Crippen molar-refractivity contribution >= 4 is 10.0 Å². The molecule has 1 aromatic rings. The predicted molar refractivity (Wildman–Crippen MR) is 82.5 cm³/mol. The van der Waals surface area contributed by atoms with Gasteiger partial charge in [0.05, 0.1) is 26.4 Å². The van der Waals surface area contributed by atoms with Crippen molar-refractivity contribution in [2.24, 2.45) is 0 Å². The number of fused-ring (bicyclic) bond motifs is 1. The second-order valence-corrected chi connectivity index (χ2v) is 8.15. The van der Waals surface area contributed by atoms with Crippen molar-refractivity contribution in [3.8, 4) is 5.75 Å². The van der Waals surface area contributed by atoms with Crippen LogP contribution < -0.4 is 4.74 Å². The van der Waals surface area contributed by atoms with E-state index in [2.05, 4.69) is 0 Å². The summed E-state index contributed by atoms with van der Waals surface area (Å²) in [6, 6.07) is 7.18. The number of rotatable bonds is 5. The maximum atomic E-state index is 12.8. The fraction of sp³-hybridized carbons (Fsp3) is 0.600. The molecule has 23 heavy (non-hydrogen) atoms. The Hall–Kier alpha value is -1.19. The summed E-state index contributed by atoms with van der Waals surface area (Å²) < 4.78 is 37.6. The number of hydrogen-bond acceptors (Lipinski definition) is 6. The fourth-order valence-electron chi connectivity index (χ4n) is 3.39. The number of methoxy groups -OCH3 is 1. The van der Waals surface area contributed by atoms with Gasteiger partial charge in [-0.1, -0.05) is 12.1 Å². The third-order valence-corrected chi connectivity index (χ3v) is 6.94. The quantitative estimate of drug-likeness (QED) is 0.763. The van der Waals surface area contributed by atoms with Gasteiger partial charge in [0.1, 0.15) is 16.6 Å². The van der Waals surface area contributed by atoms with Crippen LogP contribution in [0.3, 0.4) is 0 Å². The standard InChI is InChI=1S/C15H21NO6S/c1-21-12-4-2-11(3-5-12)7-16-9-15(10-18)14(23(16,19)20)6-13(8-17)22-15/h2-5,13-14,17-18H,6-10H2,1H3/t13?,14-,15+/m0/s1. The van der Waals surface area contributed by atoms with Crippen LogP contribution in [-0.4, -0.2) is 66.8 Å². The molecule has 2 saturated heterocycles. The molecule has 0 radical (unpaired) electrons. The van der Waals surface area contributed by atoms with Crippen molar-refractivity contribution in [3.63, 3.8) is 0 Å².